The van der Waals surface area contributed by atoms with Gasteiger partial charge in [0.05, 0.1) is 22.4 Å². The van der Waals surface area contributed by atoms with E-state index in [-0.39, 0.29) is 43.1 Å². The summed E-state index contributed by atoms with van der Waals surface area (Å²) < 4.78 is 59.3. The van der Waals surface area contributed by atoms with Gasteiger partial charge in [-0.2, -0.15) is 0 Å². The Bertz CT molecular complexity index is 3600. The summed E-state index contributed by atoms with van der Waals surface area (Å²) >= 11 is 0. The second-order valence-corrected chi connectivity index (χ2v) is 16.8. The van der Waals surface area contributed by atoms with Crippen molar-refractivity contribution < 1.29 is 37.2 Å². The number of furan rings is 2. The number of nitrogens with zero attached hydrogens (tertiary/aromatic N) is 3. The Balaban J connectivity index is 0.000000251. The summed E-state index contributed by atoms with van der Waals surface area (Å²) in [5.41, 5.74) is 15.2. The van der Waals surface area contributed by atoms with Gasteiger partial charge < -0.3 is 18.4 Å². The first-order chi connectivity index (χ1) is 33.5. The molecule has 11 rings (SSSR count). The average molecular weight is 1030 g/mol. The molecule has 65 heavy (non-hydrogen) atoms. The zero-order chi connectivity index (χ0) is 49.1. The molecule has 1 radical (unpaired) electrons. The minimum atomic E-state index is -2.18. The maximum atomic E-state index is 7.28. The maximum absolute atomic E-state index is 7.28. The van der Waals surface area contributed by atoms with E-state index in [1.54, 1.807) is 12.1 Å². The zero-order valence-electron chi connectivity index (χ0n) is 42.7. The van der Waals surface area contributed by atoms with Crippen LogP contribution in [0.4, 0.5) is 0 Å². The first-order valence-electron chi connectivity index (χ1n) is 24.6. The number of pyridine rings is 1. The molecule has 0 atom stereocenters. The molecule has 0 spiro atoms. The standard InChI is InChI=1S/C46H37N2O2.C13H12N.Ir/c1-27(2)35-23-32(30-15-8-6-9-16-30)24-36(28(3)4)43(35)48-40-22-13-12-21-39(40)47-46(48)34-20-14-19-33-38-26-41-37(25-42(38)50-45(33)34)29(5)44(49-41)31-17-10-7-11-18-31;1-10-3-6-12(7-4-10)13-8-5-11(2)9-14-13;/h6-19,21-28H,1-5H3;3-6,8-9H,1-2H3;/q2*-1;/i;1D3,2D3;. The van der Waals surface area contributed by atoms with E-state index in [1.165, 1.54) is 52.3 Å². The molecule has 0 aliphatic carbocycles. The van der Waals surface area contributed by atoms with Crippen molar-refractivity contribution in [1.29, 1.82) is 0 Å². The van der Waals surface area contributed by atoms with Gasteiger partial charge in [-0.05, 0) is 95.5 Å². The number of rotatable bonds is 7. The fraction of sp³-hybridized carbons (Fsp3) is 0.153. The van der Waals surface area contributed by atoms with Crippen LogP contribution in [0, 0.1) is 32.8 Å². The number of benzene rings is 7. The van der Waals surface area contributed by atoms with Gasteiger partial charge in [0.1, 0.15) is 16.9 Å². The summed E-state index contributed by atoms with van der Waals surface area (Å²) in [7, 11) is 0. The van der Waals surface area contributed by atoms with Crippen LogP contribution in [0.5, 0.6) is 0 Å². The van der Waals surface area contributed by atoms with Crippen LogP contribution in [-0.2, 0) is 20.1 Å². The minimum absolute atomic E-state index is 0. The molecule has 0 aliphatic rings. The molecule has 4 heterocycles. The Labute approximate surface area is 402 Å². The summed E-state index contributed by atoms with van der Waals surface area (Å²) in [6.45, 7) is 6.90. The van der Waals surface area contributed by atoms with Crippen LogP contribution in [0.3, 0.4) is 0 Å². The van der Waals surface area contributed by atoms with E-state index in [0.717, 1.165) is 72.2 Å². The minimum Gasteiger partial charge on any atom is -0.501 e. The molecule has 0 aliphatic heterocycles. The monoisotopic (exact) mass is 1030 g/mol. The third-order valence-electron chi connectivity index (χ3n) is 11.9. The summed E-state index contributed by atoms with van der Waals surface area (Å²) in [5.74, 6) is 2.25. The predicted molar refractivity (Wildman–Crippen MR) is 264 cm³/mol. The van der Waals surface area contributed by atoms with Crippen LogP contribution in [-0.4, -0.2) is 14.5 Å². The SMILES string of the molecule is Cc1c(-c2ccccc2)oc2cc3c(cc12)oc1c(-c2nc4ccccc4n2-c2c(C(C)C)cc(-c4ccccc4)cc2C(C)C)[c-]ccc13.[2H]C([2H])([2H])c1c[c-]c(-c2ccc(C([2H])([2H])[2H])cn2)cc1.[Ir]. The molecule has 323 valence electrons. The second kappa shape index (κ2) is 18.0. The van der Waals surface area contributed by atoms with Crippen molar-refractivity contribution >= 4 is 43.9 Å². The van der Waals surface area contributed by atoms with Crippen LogP contribution < -0.4 is 0 Å². The fourth-order valence-electron chi connectivity index (χ4n) is 8.66. The number of hydrogen-bond acceptors (Lipinski definition) is 4. The number of fused-ring (bicyclic) bond motifs is 5. The Morgan fingerprint density at radius 2 is 1.29 bits per heavy atom. The summed E-state index contributed by atoms with van der Waals surface area (Å²) in [5, 5.41) is 3.07. The van der Waals surface area contributed by atoms with Crippen molar-refractivity contribution in [3.8, 4) is 50.8 Å². The maximum Gasteiger partial charge on any atom is 0.138 e. The van der Waals surface area contributed by atoms with Crippen molar-refractivity contribution in [2.75, 3.05) is 0 Å². The van der Waals surface area contributed by atoms with E-state index in [4.69, 9.17) is 22.0 Å². The van der Waals surface area contributed by atoms with Gasteiger partial charge in [-0.1, -0.05) is 130 Å². The number of aryl methyl sites for hydroxylation is 3. The first-order valence-corrected chi connectivity index (χ1v) is 21.6. The van der Waals surface area contributed by atoms with E-state index in [1.807, 2.05) is 24.3 Å². The molecule has 11 aromatic rings. The largest absolute Gasteiger partial charge is 0.501 e. The van der Waals surface area contributed by atoms with Crippen LogP contribution in [0.1, 0.15) is 75.6 Å². The van der Waals surface area contributed by atoms with Crippen molar-refractivity contribution in [2.24, 2.45) is 0 Å². The second-order valence-electron chi connectivity index (χ2n) is 16.8. The molecule has 6 heteroatoms. The molecule has 7 aromatic carbocycles. The Hall–Kier alpha value is -6.85. The van der Waals surface area contributed by atoms with Crippen molar-refractivity contribution in [3.63, 3.8) is 0 Å². The van der Waals surface area contributed by atoms with Gasteiger partial charge in [0.15, 0.2) is 0 Å². The average Bonchev–Trinajstić information content (AvgIpc) is 4.03. The van der Waals surface area contributed by atoms with Gasteiger partial charge in [0.25, 0.3) is 0 Å². The van der Waals surface area contributed by atoms with Crippen molar-refractivity contribution in [3.05, 3.63) is 198 Å². The molecule has 0 saturated carbocycles. The number of hydrogen-bond donors (Lipinski definition) is 0. The van der Waals surface area contributed by atoms with Crippen molar-refractivity contribution in [2.45, 2.75) is 60.2 Å². The molecule has 0 fully saturated rings. The molecule has 0 N–H and O–H groups in total. The molecule has 0 bridgehead atoms. The number of para-hydroxylation sites is 2. The summed E-state index contributed by atoms with van der Waals surface area (Å²) in [6.07, 6.45) is 1.30. The summed E-state index contributed by atoms with van der Waals surface area (Å²) in [4.78, 5) is 9.39. The molecule has 0 amide bonds. The van der Waals surface area contributed by atoms with Gasteiger partial charge in [-0.15, -0.1) is 53.6 Å². The quantitative estimate of drug-likeness (QED) is 0.149. The van der Waals surface area contributed by atoms with Crippen LogP contribution >= 0.6 is 0 Å². The van der Waals surface area contributed by atoms with E-state index in [2.05, 4.69) is 153 Å². The number of aromatic nitrogens is 3. The predicted octanol–water partition coefficient (Wildman–Crippen LogP) is 16.2. The summed E-state index contributed by atoms with van der Waals surface area (Å²) in [6, 6.07) is 56.5. The van der Waals surface area contributed by atoms with Gasteiger partial charge in [0, 0.05) is 62.1 Å². The molecular weight excluding hydrogens is 975 g/mol. The third-order valence-corrected chi connectivity index (χ3v) is 11.9. The molecule has 5 nitrogen and oxygen atoms in total. The van der Waals surface area contributed by atoms with Crippen LogP contribution in [0.2, 0.25) is 0 Å². The van der Waals surface area contributed by atoms with Gasteiger partial charge >= 0.3 is 0 Å². The normalized spacial score (nSPS) is 13.2. The Morgan fingerprint density at radius 3 is 1.95 bits per heavy atom. The smallest absolute Gasteiger partial charge is 0.138 e. The van der Waals surface area contributed by atoms with E-state index < -0.39 is 13.7 Å². The zero-order valence-corrected chi connectivity index (χ0v) is 39.1. The van der Waals surface area contributed by atoms with Crippen molar-refractivity contribution in [1.82, 2.24) is 14.5 Å². The fourth-order valence-corrected chi connectivity index (χ4v) is 8.66. The van der Waals surface area contributed by atoms with Gasteiger partial charge in [-0.3, -0.25) is 4.98 Å². The molecule has 0 unspecified atom stereocenters. The van der Waals surface area contributed by atoms with Gasteiger partial charge in [-0.25, -0.2) is 0 Å². The van der Waals surface area contributed by atoms with E-state index >= 15 is 0 Å². The molecule has 0 saturated heterocycles. The molecular formula is C59H49IrN3O2-2. The number of imidazole rings is 1. The third kappa shape index (κ3) is 8.14. The Kier molecular flexibility index (Phi) is 10.1. The van der Waals surface area contributed by atoms with Crippen LogP contribution in [0.25, 0.3) is 94.7 Å². The van der Waals surface area contributed by atoms with E-state index in [9.17, 15) is 0 Å². The first kappa shape index (κ1) is 36.5. The Morgan fingerprint density at radius 1 is 0.631 bits per heavy atom. The molecule has 4 aromatic heterocycles. The topological polar surface area (TPSA) is 57.0 Å². The van der Waals surface area contributed by atoms with E-state index in [0.29, 0.717) is 11.3 Å². The van der Waals surface area contributed by atoms with Crippen LogP contribution in [0.15, 0.2) is 167 Å². The van der Waals surface area contributed by atoms with Gasteiger partial charge in [0.2, 0.25) is 0 Å².